The Bertz CT molecular complexity index is 531. The molecule has 1 aromatic rings. The van der Waals surface area contributed by atoms with Gasteiger partial charge in [-0.15, -0.1) is 0 Å². The molecule has 0 unspecified atom stereocenters. The topological polar surface area (TPSA) is 46.6 Å². The monoisotopic (exact) mass is 289 g/mol. The van der Waals surface area contributed by atoms with Crippen molar-refractivity contribution in [3.8, 4) is 0 Å². The van der Waals surface area contributed by atoms with Gasteiger partial charge in [-0.05, 0) is 45.4 Å². The maximum absolute atomic E-state index is 11.9. The second-order valence-electron chi connectivity index (χ2n) is 4.57. The smallest absolute Gasteiger partial charge is 0.341 e. The van der Waals surface area contributed by atoms with Crippen molar-refractivity contribution in [1.29, 1.82) is 0 Å². The average Bonchev–Trinajstić information content (AvgIpc) is 2.47. The Morgan fingerprint density at radius 3 is 2.29 bits per heavy atom. The SMILES string of the molecule is CCOC(=O)C(=Cc1ccccc1N(CC)CC)C(C)=O. The van der Waals surface area contributed by atoms with Crippen LogP contribution in [-0.4, -0.2) is 31.4 Å². The van der Waals surface area contributed by atoms with Gasteiger partial charge in [0.15, 0.2) is 5.78 Å². The summed E-state index contributed by atoms with van der Waals surface area (Å²) < 4.78 is 4.95. The van der Waals surface area contributed by atoms with E-state index in [4.69, 9.17) is 4.74 Å². The van der Waals surface area contributed by atoms with E-state index in [1.807, 2.05) is 24.3 Å². The summed E-state index contributed by atoms with van der Waals surface area (Å²) in [6.45, 7) is 9.21. The molecule has 0 bridgehead atoms. The molecule has 4 nitrogen and oxygen atoms in total. The standard InChI is InChI=1S/C17H23NO3/c1-5-18(6-2)16-11-9-8-10-14(16)12-15(13(4)19)17(20)21-7-3/h8-12H,5-7H2,1-4H3. The molecule has 0 fully saturated rings. The Balaban J connectivity index is 3.27. The van der Waals surface area contributed by atoms with Crippen molar-refractivity contribution in [2.75, 3.05) is 24.6 Å². The Kier molecular flexibility index (Phi) is 6.66. The number of ketones is 1. The van der Waals surface area contributed by atoms with E-state index in [0.29, 0.717) is 0 Å². The zero-order valence-corrected chi connectivity index (χ0v) is 13.2. The molecule has 1 aromatic carbocycles. The molecule has 1 rings (SSSR count). The number of esters is 1. The predicted octanol–water partition coefficient (Wildman–Crippen LogP) is 3.07. The molecule has 4 heteroatoms. The number of benzene rings is 1. The second kappa shape index (κ2) is 8.25. The minimum Gasteiger partial charge on any atom is -0.462 e. The van der Waals surface area contributed by atoms with Gasteiger partial charge in [0.05, 0.1) is 6.61 Å². The molecule has 0 radical (unpaired) electrons. The molecule has 0 N–H and O–H groups in total. The molecule has 21 heavy (non-hydrogen) atoms. The fourth-order valence-electron chi connectivity index (χ4n) is 2.13. The van der Waals surface area contributed by atoms with Crippen molar-refractivity contribution < 1.29 is 14.3 Å². The first-order valence-electron chi connectivity index (χ1n) is 7.28. The van der Waals surface area contributed by atoms with Gasteiger partial charge in [-0.25, -0.2) is 4.79 Å². The van der Waals surface area contributed by atoms with Crippen LogP contribution in [0.1, 0.15) is 33.3 Å². The summed E-state index contributed by atoms with van der Waals surface area (Å²) >= 11 is 0. The van der Waals surface area contributed by atoms with E-state index in [9.17, 15) is 9.59 Å². The van der Waals surface area contributed by atoms with Crippen LogP contribution < -0.4 is 4.90 Å². The van der Waals surface area contributed by atoms with E-state index >= 15 is 0 Å². The highest BCUT2D eigenvalue weighted by Gasteiger charge is 2.17. The van der Waals surface area contributed by atoms with E-state index in [1.165, 1.54) is 6.92 Å². The summed E-state index contributed by atoms with van der Waals surface area (Å²) in [4.78, 5) is 25.8. The number of carbonyl (C=O) groups is 2. The molecule has 114 valence electrons. The highest BCUT2D eigenvalue weighted by atomic mass is 16.5. The maximum atomic E-state index is 11.9. The average molecular weight is 289 g/mol. The lowest BCUT2D eigenvalue weighted by Gasteiger charge is -2.23. The highest BCUT2D eigenvalue weighted by molar-refractivity contribution is 6.20. The molecular weight excluding hydrogens is 266 g/mol. The number of para-hydroxylation sites is 1. The van der Waals surface area contributed by atoms with Gasteiger partial charge in [0, 0.05) is 18.8 Å². The first-order valence-corrected chi connectivity index (χ1v) is 7.28. The molecule has 0 saturated heterocycles. The van der Waals surface area contributed by atoms with Gasteiger partial charge in [0.1, 0.15) is 5.57 Å². The number of anilines is 1. The Morgan fingerprint density at radius 1 is 1.14 bits per heavy atom. The molecule has 0 atom stereocenters. The summed E-state index contributed by atoms with van der Waals surface area (Å²) in [5.74, 6) is -0.859. The molecule has 0 heterocycles. The van der Waals surface area contributed by atoms with Crippen LogP contribution in [0.3, 0.4) is 0 Å². The lowest BCUT2D eigenvalue weighted by molar-refractivity contribution is -0.139. The number of nitrogens with zero attached hydrogens (tertiary/aromatic N) is 1. The Hall–Kier alpha value is -2.10. The minimum atomic E-state index is -0.570. The quantitative estimate of drug-likeness (QED) is 0.335. The molecule has 0 aliphatic rings. The number of Topliss-reactive ketones (excluding diaryl/α,β-unsaturated/α-hetero) is 1. The first-order chi connectivity index (χ1) is 10.0. The van der Waals surface area contributed by atoms with Crippen LogP contribution in [0.25, 0.3) is 6.08 Å². The van der Waals surface area contributed by atoms with Crippen LogP contribution in [0.5, 0.6) is 0 Å². The summed E-state index contributed by atoms with van der Waals surface area (Å²) in [6, 6.07) is 7.72. The van der Waals surface area contributed by atoms with E-state index in [2.05, 4.69) is 18.7 Å². The van der Waals surface area contributed by atoms with Crippen molar-refractivity contribution in [3.63, 3.8) is 0 Å². The molecule has 0 aromatic heterocycles. The molecule has 0 saturated carbocycles. The first kappa shape index (κ1) is 17.0. The van der Waals surface area contributed by atoms with Crippen molar-refractivity contribution in [2.24, 2.45) is 0 Å². The van der Waals surface area contributed by atoms with Gasteiger partial charge in [0.25, 0.3) is 0 Å². The van der Waals surface area contributed by atoms with Crippen LogP contribution in [0.4, 0.5) is 5.69 Å². The van der Waals surface area contributed by atoms with Crippen LogP contribution in [0.2, 0.25) is 0 Å². The summed E-state index contributed by atoms with van der Waals surface area (Å²) in [7, 11) is 0. The third kappa shape index (κ3) is 4.45. The van der Waals surface area contributed by atoms with Gasteiger partial charge >= 0.3 is 5.97 Å². The minimum absolute atomic E-state index is 0.0801. The van der Waals surface area contributed by atoms with Gasteiger partial charge in [-0.1, -0.05) is 18.2 Å². The summed E-state index contributed by atoms with van der Waals surface area (Å²) in [6.07, 6.45) is 1.62. The van der Waals surface area contributed by atoms with Crippen molar-refractivity contribution >= 4 is 23.5 Å². The molecular formula is C17H23NO3. The number of rotatable bonds is 7. The second-order valence-corrected chi connectivity index (χ2v) is 4.57. The Labute approximate surface area is 126 Å². The summed E-state index contributed by atoms with van der Waals surface area (Å²) in [5, 5.41) is 0. The molecule has 0 spiro atoms. The lowest BCUT2D eigenvalue weighted by Crippen LogP contribution is -2.22. The van der Waals surface area contributed by atoms with Crippen molar-refractivity contribution in [2.45, 2.75) is 27.7 Å². The van der Waals surface area contributed by atoms with Gasteiger partial charge in [-0.3, -0.25) is 4.79 Å². The van der Waals surface area contributed by atoms with Crippen molar-refractivity contribution in [3.05, 3.63) is 35.4 Å². The third-order valence-electron chi connectivity index (χ3n) is 3.22. The number of ether oxygens (including phenoxy) is 1. The highest BCUT2D eigenvalue weighted by Crippen LogP contribution is 2.23. The largest absolute Gasteiger partial charge is 0.462 e. The molecule has 0 aliphatic carbocycles. The Morgan fingerprint density at radius 2 is 1.76 bits per heavy atom. The third-order valence-corrected chi connectivity index (χ3v) is 3.22. The van der Waals surface area contributed by atoms with Crippen LogP contribution in [0.15, 0.2) is 29.8 Å². The van der Waals surface area contributed by atoms with E-state index in [1.54, 1.807) is 13.0 Å². The lowest BCUT2D eigenvalue weighted by atomic mass is 10.1. The van der Waals surface area contributed by atoms with Crippen LogP contribution in [-0.2, 0) is 14.3 Å². The van der Waals surface area contributed by atoms with E-state index < -0.39 is 5.97 Å². The number of hydrogen-bond acceptors (Lipinski definition) is 4. The number of carbonyl (C=O) groups excluding carboxylic acids is 2. The molecule has 0 amide bonds. The molecule has 0 aliphatic heterocycles. The number of hydrogen-bond donors (Lipinski definition) is 0. The van der Waals surface area contributed by atoms with Crippen LogP contribution in [0, 0.1) is 0 Å². The fraction of sp³-hybridized carbons (Fsp3) is 0.412. The van der Waals surface area contributed by atoms with Crippen molar-refractivity contribution in [1.82, 2.24) is 0 Å². The normalized spacial score (nSPS) is 11.1. The van der Waals surface area contributed by atoms with Crippen LogP contribution >= 0.6 is 0 Å². The zero-order valence-electron chi connectivity index (χ0n) is 13.2. The van der Waals surface area contributed by atoms with E-state index in [-0.39, 0.29) is 18.0 Å². The van der Waals surface area contributed by atoms with Gasteiger partial charge < -0.3 is 9.64 Å². The predicted molar refractivity (Wildman–Crippen MR) is 85.3 cm³/mol. The maximum Gasteiger partial charge on any atom is 0.341 e. The van der Waals surface area contributed by atoms with Gasteiger partial charge in [-0.2, -0.15) is 0 Å². The fourth-order valence-corrected chi connectivity index (χ4v) is 2.13. The summed E-state index contributed by atoms with van der Waals surface area (Å²) in [5.41, 5.74) is 1.93. The van der Waals surface area contributed by atoms with Gasteiger partial charge in [0.2, 0.25) is 0 Å². The van der Waals surface area contributed by atoms with E-state index in [0.717, 1.165) is 24.3 Å². The zero-order chi connectivity index (χ0) is 15.8.